The fraction of sp³-hybridized carbons (Fsp3) is 0.571. The van der Waals surface area contributed by atoms with E-state index in [1.165, 1.54) is 0 Å². The third kappa shape index (κ3) is 4.35. The van der Waals surface area contributed by atoms with Gasteiger partial charge in [-0.25, -0.2) is 0 Å². The number of benzene rings is 1. The Morgan fingerprint density at radius 3 is 2.63 bits per heavy atom. The van der Waals surface area contributed by atoms with Gasteiger partial charge < -0.3 is 20.1 Å². The number of anilines is 1. The number of hydrogen-bond acceptors (Lipinski definition) is 4. The molecule has 0 spiro atoms. The van der Waals surface area contributed by atoms with Gasteiger partial charge in [-0.15, -0.1) is 0 Å². The Morgan fingerprint density at radius 1 is 1.32 bits per heavy atom. The first kappa shape index (κ1) is 16.2. The van der Waals surface area contributed by atoms with Crippen molar-refractivity contribution in [3.63, 3.8) is 0 Å². The molecule has 1 atom stereocenters. The third-order valence-electron chi connectivity index (χ3n) is 3.05. The molecule has 0 radical (unpaired) electrons. The quantitative estimate of drug-likeness (QED) is 0.796. The molecule has 1 aromatic rings. The number of rotatable bonds is 8. The number of nitrogens with two attached hydrogens (primary N) is 1. The minimum absolute atomic E-state index is 0.199. The highest BCUT2D eigenvalue weighted by Gasteiger charge is 2.19. The standard InChI is InChI=1S/C14H23ClN2O2/c1-11(10-19-3)17(7-8-18-2)14-12(9-16)5-4-6-13(14)15/h4-6,11H,7-10,16H2,1-3H3. The second kappa shape index (κ2) is 8.38. The van der Waals surface area contributed by atoms with Gasteiger partial charge in [0.15, 0.2) is 0 Å². The van der Waals surface area contributed by atoms with Crippen molar-refractivity contribution in [2.45, 2.75) is 19.5 Å². The summed E-state index contributed by atoms with van der Waals surface area (Å²) >= 11 is 6.35. The predicted octanol–water partition coefficient (Wildman–Crippen LogP) is 2.29. The molecular weight excluding hydrogens is 264 g/mol. The van der Waals surface area contributed by atoms with Crippen molar-refractivity contribution in [2.24, 2.45) is 5.73 Å². The highest BCUT2D eigenvalue weighted by atomic mass is 35.5. The second-order valence-electron chi connectivity index (χ2n) is 4.44. The van der Waals surface area contributed by atoms with E-state index in [9.17, 15) is 0 Å². The maximum Gasteiger partial charge on any atom is 0.0663 e. The van der Waals surface area contributed by atoms with E-state index >= 15 is 0 Å². The minimum Gasteiger partial charge on any atom is -0.383 e. The van der Waals surface area contributed by atoms with Crippen molar-refractivity contribution < 1.29 is 9.47 Å². The van der Waals surface area contributed by atoms with Crippen LogP contribution in [-0.4, -0.2) is 40.0 Å². The van der Waals surface area contributed by atoms with Crippen LogP contribution in [0.25, 0.3) is 0 Å². The molecule has 5 heteroatoms. The summed E-state index contributed by atoms with van der Waals surface area (Å²) in [6.07, 6.45) is 0. The first-order valence-corrected chi connectivity index (χ1v) is 6.75. The Labute approximate surface area is 120 Å². The number of nitrogens with zero attached hydrogens (tertiary/aromatic N) is 1. The molecule has 0 bridgehead atoms. The van der Waals surface area contributed by atoms with Crippen LogP contribution in [0.4, 0.5) is 5.69 Å². The number of hydrogen-bond donors (Lipinski definition) is 1. The summed E-state index contributed by atoms with van der Waals surface area (Å²) in [5.41, 5.74) is 7.83. The molecule has 0 aliphatic carbocycles. The van der Waals surface area contributed by atoms with E-state index in [-0.39, 0.29) is 6.04 Å². The lowest BCUT2D eigenvalue weighted by Gasteiger charge is -2.33. The summed E-state index contributed by atoms with van der Waals surface area (Å²) in [4.78, 5) is 2.19. The van der Waals surface area contributed by atoms with Crippen LogP contribution in [-0.2, 0) is 16.0 Å². The van der Waals surface area contributed by atoms with Crippen molar-refractivity contribution in [3.05, 3.63) is 28.8 Å². The zero-order valence-electron chi connectivity index (χ0n) is 11.9. The van der Waals surface area contributed by atoms with Crippen molar-refractivity contribution >= 4 is 17.3 Å². The van der Waals surface area contributed by atoms with Gasteiger partial charge in [0.05, 0.1) is 23.9 Å². The first-order valence-electron chi connectivity index (χ1n) is 6.37. The van der Waals surface area contributed by atoms with Gasteiger partial charge in [0.2, 0.25) is 0 Å². The number of para-hydroxylation sites is 1. The Balaban J connectivity index is 3.08. The molecule has 1 aromatic carbocycles. The van der Waals surface area contributed by atoms with Gasteiger partial charge in [-0.3, -0.25) is 0 Å². The van der Waals surface area contributed by atoms with Gasteiger partial charge in [-0.05, 0) is 18.6 Å². The van der Waals surface area contributed by atoms with Gasteiger partial charge in [0, 0.05) is 33.4 Å². The molecule has 0 aromatic heterocycles. The first-order chi connectivity index (χ1) is 9.15. The molecule has 0 saturated heterocycles. The monoisotopic (exact) mass is 286 g/mol. The van der Waals surface area contributed by atoms with Crippen LogP contribution < -0.4 is 10.6 Å². The average Bonchev–Trinajstić information content (AvgIpc) is 2.40. The smallest absolute Gasteiger partial charge is 0.0663 e. The molecule has 108 valence electrons. The summed E-state index contributed by atoms with van der Waals surface area (Å²) in [7, 11) is 3.39. The highest BCUT2D eigenvalue weighted by molar-refractivity contribution is 6.33. The molecule has 4 nitrogen and oxygen atoms in total. The van der Waals surface area contributed by atoms with Crippen molar-refractivity contribution in [2.75, 3.05) is 38.9 Å². The lowest BCUT2D eigenvalue weighted by atomic mass is 10.1. The van der Waals surface area contributed by atoms with Crippen LogP contribution in [0, 0.1) is 0 Å². The maximum atomic E-state index is 6.35. The van der Waals surface area contributed by atoms with Crippen molar-refractivity contribution in [1.29, 1.82) is 0 Å². The SMILES string of the molecule is COCCN(c1c(Cl)cccc1CN)C(C)COC. The normalized spacial score (nSPS) is 12.5. The molecule has 0 saturated carbocycles. The van der Waals surface area contributed by atoms with E-state index in [1.54, 1.807) is 14.2 Å². The van der Waals surface area contributed by atoms with Gasteiger partial charge >= 0.3 is 0 Å². The van der Waals surface area contributed by atoms with Gasteiger partial charge in [-0.1, -0.05) is 23.7 Å². The Kier molecular flexibility index (Phi) is 7.16. The second-order valence-corrected chi connectivity index (χ2v) is 4.85. The van der Waals surface area contributed by atoms with Crippen LogP contribution in [0.2, 0.25) is 5.02 Å². The summed E-state index contributed by atoms with van der Waals surface area (Å²) in [6, 6.07) is 6.00. The molecule has 19 heavy (non-hydrogen) atoms. The Morgan fingerprint density at radius 2 is 2.05 bits per heavy atom. The predicted molar refractivity (Wildman–Crippen MR) is 79.9 cm³/mol. The van der Waals surface area contributed by atoms with Crippen molar-refractivity contribution in [3.8, 4) is 0 Å². The zero-order chi connectivity index (χ0) is 14.3. The van der Waals surface area contributed by atoms with Crippen LogP contribution in [0.1, 0.15) is 12.5 Å². The van der Waals surface area contributed by atoms with E-state index in [0.717, 1.165) is 17.8 Å². The summed E-state index contributed by atoms with van der Waals surface area (Å²) in [5, 5.41) is 0.710. The lowest BCUT2D eigenvalue weighted by Crippen LogP contribution is -2.39. The van der Waals surface area contributed by atoms with E-state index in [1.807, 2.05) is 18.2 Å². The van der Waals surface area contributed by atoms with Gasteiger partial charge in [0.1, 0.15) is 0 Å². The minimum atomic E-state index is 0.199. The van der Waals surface area contributed by atoms with Gasteiger partial charge in [-0.2, -0.15) is 0 Å². The van der Waals surface area contributed by atoms with Crippen molar-refractivity contribution in [1.82, 2.24) is 0 Å². The molecule has 0 aliphatic heterocycles. The summed E-state index contributed by atoms with van der Waals surface area (Å²) in [5.74, 6) is 0. The largest absolute Gasteiger partial charge is 0.383 e. The van der Waals surface area contributed by atoms with Crippen LogP contribution >= 0.6 is 11.6 Å². The Bertz CT molecular complexity index is 388. The third-order valence-corrected chi connectivity index (χ3v) is 3.36. The molecule has 2 N–H and O–H groups in total. The molecule has 0 aliphatic rings. The number of ether oxygens (including phenoxy) is 2. The summed E-state index contributed by atoms with van der Waals surface area (Å²) in [6.45, 7) is 4.56. The Hall–Kier alpha value is -0.810. The molecular formula is C14H23ClN2O2. The fourth-order valence-electron chi connectivity index (χ4n) is 2.12. The van der Waals surface area contributed by atoms with E-state index in [4.69, 9.17) is 26.8 Å². The van der Waals surface area contributed by atoms with Crippen LogP contribution in [0.5, 0.6) is 0 Å². The molecule has 0 amide bonds. The molecule has 0 heterocycles. The molecule has 1 unspecified atom stereocenters. The van der Waals surface area contributed by atoms with E-state index in [0.29, 0.717) is 24.8 Å². The van der Waals surface area contributed by atoms with Crippen LogP contribution in [0.15, 0.2) is 18.2 Å². The highest BCUT2D eigenvalue weighted by Crippen LogP contribution is 2.31. The zero-order valence-corrected chi connectivity index (χ0v) is 12.6. The van der Waals surface area contributed by atoms with Gasteiger partial charge in [0.25, 0.3) is 0 Å². The fourth-order valence-corrected chi connectivity index (χ4v) is 2.42. The average molecular weight is 287 g/mol. The van der Waals surface area contributed by atoms with Crippen LogP contribution in [0.3, 0.4) is 0 Å². The number of methoxy groups -OCH3 is 2. The maximum absolute atomic E-state index is 6.35. The van der Waals surface area contributed by atoms with E-state index in [2.05, 4.69) is 11.8 Å². The van der Waals surface area contributed by atoms with E-state index < -0.39 is 0 Å². The molecule has 0 fully saturated rings. The molecule has 1 rings (SSSR count). The number of halogens is 1. The lowest BCUT2D eigenvalue weighted by molar-refractivity contribution is 0.171. The summed E-state index contributed by atoms with van der Waals surface area (Å²) < 4.78 is 10.4. The topological polar surface area (TPSA) is 47.7 Å².